The Morgan fingerprint density at radius 2 is 2.00 bits per heavy atom. The van der Waals surface area contributed by atoms with Crippen molar-refractivity contribution in [3.63, 3.8) is 0 Å². The van der Waals surface area contributed by atoms with Gasteiger partial charge >= 0.3 is 5.97 Å². The molecule has 2 aromatic carbocycles. The van der Waals surface area contributed by atoms with Gasteiger partial charge in [0.2, 0.25) is 0 Å². The maximum atomic E-state index is 12.8. The van der Waals surface area contributed by atoms with E-state index >= 15 is 0 Å². The van der Waals surface area contributed by atoms with Crippen molar-refractivity contribution in [2.45, 2.75) is 25.9 Å². The Bertz CT molecular complexity index is 822. The fraction of sp³-hybridized carbons (Fsp3) is 0.263. The van der Waals surface area contributed by atoms with Crippen LogP contribution in [0.2, 0.25) is 0 Å². The van der Waals surface area contributed by atoms with Crippen molar-refractivity contribution in [2.75, 3.05) is 17.2 Å². The van der Waals surface area contributed by atoms with Crippen LogP contribution >= 0.6 is 15.9 Å². The molecule has 130 valence electrons. The van der Waals surface area contributed by atoms with Gasteiger partial charge in [0.25, 0.3) is 5.91 Å². The first kappa shape index (κ1) is 17.5. The van der Waals surface area contributed by atoms with E-state index in [9.17, 15) is 9.59 Å². The number of benzene rings is 2. The molecule has 1 heterocycles. The monoisotopic (exact) mass is 402 g/mol. The number of amides is 1. The summed E-state index contributed by atoms with van der Waals surface area (Å²) >= 11 is 3.30. The number of halogens is 1. The lowest BCUT2D eigenvalue weighted by Crippen LogP contribution is -2.42. The summed E-state index contributed by atoms with van der Waals surface area (Å²) < 4.78 is 6.09. The third-order valence-corrected chi connectivity index (χ3v) is 4.74. The molecule has 0 aliphatic carbocycles. The van der Waals surface area contributed by atoms with Crippen molar-refractivity contribution in [2.24, 2.45) is 0 Å². The van der Waals surface area contributed by atoms with E-state index in [0.717, 1.165) is 28.6 Å². The van der Waals surface area contributed by atoms with Crippen LogP contribution in [0, 0.1) is 0 Å². The molecule has 0 saturated heterocycles. The molecule has 1 aliphatic heterocycles. The highest BCUT2D eigenvalue weighted by atomic mass is 79.9. The minimum Gasteiger partial charge on any atom is -0.449 e. The molecular formula is C19H19BrN2O3. The predicted molar refractivity (Wildman–Crippen MR) is 101 cm³/mol. The van der Waals surface area contributed by atoms with Gasteiger partial charge in [0, 0.05) is 22.4 Å². The third kappa shape index (κ3) is 3.69. The summed E-state index contributed by atoms with van der Waals surface area (Å²) in [6.07, 6.45) is 0.946. The average Bonchev–Trinajstić information content (AvgIpc) is 2.62. The summed E-state index contributed by atoms with van der Waals surface area (Å²) in [5.41, 5.74) is 8.42. The molecule has 2 N–H and O–H groups in total. The number of para-hydroxylation sites is 1. The second-order valence-electron chi connectivity index (χ2n) is 6.00. The van der Waals surface area contributed by atoms with Gasteiger partial charge in [0.1, 0.15) is 0 Å². The summed E-state index contributed by atoms with van der Waals surface area (Å²) in [6, 6.07) is 12.8. The minimum absolute atomic E-state index is 0.228. The van der Waals surface area contributed by atoms with Crippen molar-refractivity contribution < 1.29 is 14.3 Å². The molecule has 25 heavy (non-hydrogen) atoms. The Labute approximate surface area is 154 Å². The summed E-state index contributed by atoms with van der Waals surface area (Å²) in [4.78, 5) is 26.9. The zero-order valence-corrected chi connectivity index (χ0v) is 15.5. The van der Waals surface area contributed by atoms with E-state index in [1.807, 2.05) is 24.3 Å². The number of ether oxygens (including phenoxy) is 1. The molecule has 0 bridgehead atoms. The van der Waals surface area contributed by atoms with Gasteiger partial charge < -0.3 is 15.4 Å². The van der Waals surface area contributed by atoms with Gasteiger partial charge in [0.05, 0.1) is 5.56 Å². The summed E-state index contributed by atoms with van der Waals surface area (Å²) in [5, 5.41) is 0. The zero-order chi connectivity index (χ0) is 18.0. The largest absolute Gasteiger partial charge is 0.449 e. The number of hydrogen-bond acceptors (Lipinski definition) is 4. The van der Waals surface area contributed by atoms with Crippen LogP contribution in [-0.4, -0.2) is 24.5 Å². The highest BCUT2D eigenvalue weighted by Crippen LogP contribution is 2.28. The van der Waals surface area contributed by atoms with Crippen LogP contribution in [-0.2, 0) is 16.0 Å². The molecule has 3 rings (SSSR count). The highest BCUT2D eigenvalue weighted by molar-refractivity contribution is 9.10. The third-order valence-electron chi connectivity index (χ3n) is 4.24. The first-order valence-electron chi connectivity index (χ1n) is 8.12. The van der Waals surface area contributed by atoms with Crippen LogP contribution in [0.15, 0.2) is 46.9 Å². The van der Waals surface area contributed by atoms with Gasteiger partial charge in [-0.1, -0.05) is 34.1 Å². The number of anilines is 2. The highest BCUT2D eigenvalue weighted by Gasteiger charge is 2.29. The van der Waals surface area contributed by atoms with Gasteiger partial charge in [-0.25, -0.2) is 4.79 Å². The molecule has 1 unspecified atom stereocenters. The van der Waals surface area contributed by atoms with Gasteiger partial charge in [-0.15, -0.1) is 0 Å². The fourth-order valence-electron chi connectivity index (χ4n) is 2.96. The van der Waals surface area contributed by atoms with Crippen molar-refractivity contribution in [1.29, 1.82) is 0 Å². The van der Waals surface area contributed by atoms with Gasteiger partial charge in [-0.3, -0.25) is 4.79 Å². The molecule has 1 atom stereocenters. The van der Waals surface area contributed by atoms with E-state index in [2.05, 4.69) is 15.9 Å². The number of nitrogen functional groups attached to an aromatic ring is 1. The standard InChI is InChI=1S/C19H19BrN2O3/c1-12(25-19(24)15-11-14(20)8-9-16(15)21)18(23)22-10-4-6-13-5-2-3-7-17(13)22/h2-3,5,7-9,11-12H,4,6,10,21H2,1H3. The zero-order valence-electron chi connectivity index (χ0n) is 13.9. The maximum absolute atomic E-state index is 12.8. The number of aryl methyl sites for hydroxylation is 1. The summed E-state index contributed by atoms with van der Waals surface area (Å²) in [6.45, 7) is 2.21. The SMILES string of the molecule is CC(OC(=O)c1cc(Br)ccc1N)C(=O)N1CCCc2ccccc21. The van der Waals surface area contributed by atoms with Gasteiger partial charge in [0.15, 0.2) is 6.10 Å². The first-order chi connectivity index (χ1) is 12.0. The molecule has 0 fully saturated rings. The van der Waals surface area contributed by atoms with Crippen LogP contribution in [0.25, 0.3) is 0 Å². The number of nitrogens with two attached hydrogens (primary N) is 1. The molecular weight excluding hydrogens is 384 g/mol. The van der Waals surface area contributed by atoms with Gasteiger partial charge in [-0.05, 0) is 49.6 Å². The molecule has 6 heteroatoms. The second-order valence-corrected chi connectivity index (χ2v) is 6.92. The maximum Gasteiger partial charge on any atom is 0.341 e. The van der Waals surface area contributed by atoms with Crippen LogP contribution < -0.4 is 10.6 Å². The van der Waals surface area contributed by atoms with Crippen molar-refractivity contribution in [1.82, 2.24) is 0 Å². The number of carbonyl (C=O) groups excluding carboxylic acids is 2. The lowest BCUT2D eigenvalue weighted by Gasteiger charge is -2.31. The lowest BCUT2D eigenvalue weighted by atomic mass is 10.0. The number of fused-ring (bicyclic) bond motifs is 1. The van der Waals surface area contributed by atoms with Crippen LogP contribution in [0.3, 0.4) is 0 Å². The Balaban J connectivity index is 1.75. The Hall–Kier alpha value is -2.34. The Kier molecular flexibility index (Phi) is 5.08. The van der Waals surface area contributed by atoms with Crippen LogP contribution in [0.5, 0.6) is 0 Å². The summed E-state index contributed by atoms with van der Waals surface area (Å²) in [5.74, 6) is -0.834. The number of hydrogen-bond donors (Lipinski definition) is 1. The fourth-order valence-corrected chi connectivity index (χ4v) is 3.32. The molecule has 0 radical (unpaired) electrons. The van der Waals surface area contributed by atoms with Crippen LogP contribution in [0.1, 0.15) is 29.3 Å². The molecule has 1 aliphatic rings. The number of nitrogens with zero attached hydrogens (tertiary/aromatic N) is 1. The smallest absolute Gasteiger partial charge is 0.341 e. The van der Waals surface area contributed by atoms with Crippen LogP contribution in [0.4, 0.5) is 11.4 Å². The normalized spacial score (nSPS) is 14.6. The first-order valence-corrected chi connectivity index (χ1v) is 8.92. The molecule has 5 nitrogen and oxygen atoms in total. The van der Waals surface area contributed by atoms with Gasteiger partial charge in [-0.2, -0.15) is 0 Å². The van der Waals surface area contributed by atoms with E-state index in [-0.39, 0.29) is 11.5 Å². The van der Waals surface area contributed by atoms with Crippen molar-refractivity contribution in [3.8, 4) is 0 Å². The van der Waals surface area contributed by atoms with Crippen molar-refractivity contribution >= 4 is 39.2 Å². The quantitative estimate of drug-likeness (QED) is 0.629. The predicted octanol–water partition coefficient (Wildman–Crippen LogP) is 3.56. The Morgan fingerprint density at radius 1 is 1.24 bits per heavy atom. The van der Waals surface area contributed by atoms with E-state index in [1.54, 1.807) is 30.0 Å². The van der Waals surface area contributed by atoms with E-state index < -0.39 is 12.1 Å². The molecule has 0 spiro atoms. The number of rotatable bonds is 3. The number of carbonyl (C=O) groups is 2. The second kappa shape index (κ2) is 7.27. The topological polar surface area (TPSA) is 72.6 Å². The molecule has 0 saturated carbocycles. The molecule has 1 amide bonds. The Morgan fingerprint density at radius 3 is 2.80 bits per heavy atom. The van der Waals surface area contributed by atoms with E-state index in [1.165, 1.54) is 0 Å². The molecule has 2 aromatic rings. The molecule has 0 aromatic heterocycles. The number of esters is 1. The van der Waals surface area contributed by atoms with E-state index in [4.69, 9.17) is 10.5 Å². The van der Waals surface area contributed by atoms with Crippen molar-refractivity contribution in [3.05, 3.63) is 58.1 Å². The summed E-state index contributed by atoms with van der Waals surface area (Å²) in [7, 11) is 0. The minimum atomic E-state index is -0.892. The lowest BCUT2D eigenvalue weighted by molar-refractivity contribution is -0.126. The average molecular weight is 403 g/mol. The van der Waals surface area contributed by atoms with E-state index in [0.29, 0.717) is 12.2 Å².